The van der Waals surface area contributed by atoms with Crippen molar-refractivity contribution in [1.29, 1.82) is 0 Å². The molecule has 0 spiro atoms. The third kappa shape index (κ3) is 2.75. The number of anilines is 5. The van der Waals surface area contributed by atoms with Gasteiger partial charge in [0.15, 0.2) is 5.58 Å². The summed E-state index contributed by atoms with van der Waals surface area (Å²) in [7, 11) is 0. The predicted molar refractivity (Wildman–Crippen MR) is 181 cm³/mol. The molecule has 1 saturated carbocycles. The van der Waals surface area contributed by atoms with Crippen molar-refractivity contribution in [3.05, 3.63) is 108 Å². The quantitative estimate of drug-likeness (QED) is 0.190. The molecule has 4 aliphatic rings. The van der Waals surface area contributed by atoms with Gasteiger partial charge < -0.3 is 14.2 Å². The normalized spacial score (nSPS) is 22.9. The molecule has 5 aromatic carbocycles. The summed E-state index contributed by atoms with van der Waals surface area (Å²) >= 11 is 0. The zero-order valence-electron chi connectivity index (χ0n) is 24.9. The van der Waals surface area contributed by atoms with Crippen molar-refractivity contribution in [1.82, 2.24) is 0 Å². The molecule has 4 heteroatoms. The average molecular weight is 557 g/mol. The molecule has 2 atom stereocenters. The first-order valence-electron chi connectivity index (χ1n) is 15.9. The lowest BCUT2D eigenvalue weighted by Crippen LogP contribution is -2.64. The Kier molecular flexibility index (Phi) is 4.44. The molecule has 0 saturated heterocycles. The number of hydrogen-bond donors (Lipinski definition) is 0. The van der Waals surface area contributed by atoms with Gasteiger partial charge in [0, 0.05) is 38.9 Å². The lowest BCUT2D eigenvalue weighted by Gasteiger charge is -2.52. The monoisotopic (exact) mass is 556 g/mol. The largest absolute Gasteiger partial charge is 0.454 e. The van der Waals surface area contributed by atoms with E-state index in [-0.39, 0.29) is 17.7 Å². The molecule has 208 valence electrons. The van der Waals surface area contributed by atoms with Crippen molar-refractivity contribution >= 4 is 73.5 Å². The van der Waals surface area contributed by atoms with Crippen LogP contribution in [0.5, 0.6) is 0 Å². The Labute approximate surface area is 252 Å². The van der Waals surface area contributed by atoms with Crippen molar-refractivity contribution in [3.63, 3.8) is 0 Å². The summed E-state index contributed by atoms with van der Waals surface area (Å²) in [4.78, 5) is 5.29. The van der Waals surface area contributed by atoms with Gasteiger partial charge >= 0.3 is 0 Å². The lowest BCUT2D eigenvalue weighted by atomic mass is 9.33. The van der Waals surface area contributed by atoms with E-state index in [9.17, 15) is 0 Å². The van der Waals surface area contributed by atoms with Gasteiger partial charge in [-0.25, -0.2) is 0 Å². The summed E-state index contributed by atoms with van der Waals surface area (Å²) < 4.78 is 6.79. The number of aryl methyl sites for hydroxylation is 1. The van der Waals surface area contributed by atoms with Gasteiger partial charge in [-0.2, -0.15) is 0 Å². The van der Waals surface area contributed by atoms with Crippen LogP contribution in [0.2, 0.25) is 0 Å². The van der Waals surface area contributed by atoms with E-state index in [1.165, 1.54) is 86.7 Å². The molecule has 43 heavy (non-hydrogen) atoms. The molecule has 0 radical (unpaired) electrons. The number of para-hydroxylation sites is 3. The van der Waals surface area contributed by atoms with Crippen LogP contribution in [0.4, 0.5) is 28.4 Å². The van der Waals surface area contributed by atoms with E-state index in [4.69, 9.17) is 4.42 Å². The van der Waals surface area contributed by atoms with Crippen LogP contribution in [0.1, 0.15) is 50.7 Å². The summed E-state index contributed by atoms with van der Waals surface area (Å²) in [6.45, 7) is 7.51. The molecular formula is C39H33BN2O. The van der Waals surface area contributed by atoms with Crippen LogP contribution in [0, 0.1) is 6.92 Å². The Morgan fingerprint density at radius 2 is 1.49 bits per heavy atom. The Hall–Kier alpha value is -4.44. The standard InChI is InChI=1S/C39H33BN2O/c1-24-22-31-34-32(23-24)42-35-28(38(2)20-9-10-21-39(38,42)3)15-11-16-29(35)40(34)30-19-18-27-26-14-7-8-17-33(26)43-37(27)36(30)41(31)25-12-5-4-6-13-25/h4-8,11-19,22-23H,9-10,20-21H2,1-3H3. The number of nitrogens with zero attached hydrogens (tertiary/aromatic N) is 2. The molecule has 0 bridgehead atoms. The van der Waals surface area contributed by atoms with E-state index >= 15 is 0 Å². The maximum absolute atomic E-state index is 6.79. The highest BCUT2D eigenvalue weighted by molar-refractivity contribution is 7.00. The molecule has 0 amide bonds. The first kappa shape index (κ1) is 24.1. The first-order valence-corrected chi connectivity index (χ1v) is 15.9. The van der Waals surface area contributed by atoms with E-state index in [1.54, 1.807) is 0 Å². The zero-order chi connectivity index (χ0) is 28.7. The van der Waals surface area contributed by atoms with Gasteiger partial charge in [-0.15, -0.1) is 0 Å². The van der Waals surface area contributed by atoms with Crippen LogP contribution in [0.25, 0.3) is 21.9 Å². The molecule has 6 aromatic rings. The van der Waals surface area contributed by atoms with Gasteiger partial charge in [0.05, 0.1) is 11.2 Å². The molecule has 1 fully saturated rings. The van der Waals surface area contributed by atoms with Crippen molar-refractivity contribution < 1.29 is 4.42 Å². The molecule has 1 aromatic heterocycles. The van der Waals surface area contributed by atoms with Gasteiger partial charge in [0.25, 0.3) is 6.71 Å². The molecule has 2 unspecified atom stereocenters. The third-order valence-electron chi connectivity index (χ3n) is 11.6. The highest BCUT2D eigenvalue weighted by atomic mass is 16.3. The maximum Gasteiger partial charge on any atom is 0.252 e. The number of furan rings is 1. The minimum atomic E-state index is 0.0385. The summed E-state index contributed by atoms with van der Waals surface area (Å²) in [6.07, 6.45) is 5.03. The third-order valence-corrected chi connectivity index (χ3v) is 11.6. The lowest BCUT2D eigenvalue weighted by molar-refractivity contribution is 0.195. The average Bonchev–Trinajstić information content (AvgIpc) is 3.51. The van der Waals surface area contributed by atoms with Crippen LogP contribution in [0.3, 0.4) is 0 Å². The number of hydrogen-bond acceptors (Lipinski definition) is 3. The van der Waals surface area contributed by atoms with Crippen LogP contribution < -0.4 is 26.2 Å². The van der Waals surface area contributed by atoms with Gasteiger partial charge in [-0.3, -0.25) is 0 Å². The topological polar surface area (TPSA) is 19.6 Å². The zero-order valence-corrected chi connectivity index (χ0v) is 24.9. The number of rotatable bonds is 1. The highest BCUT2D eigenvalue weighted by Crippen LogP contribution is 2.61. The van der Waals surface area contributed by atoms with Gasteiger partial charge in [0.2, 0.25) is 0 Å². The summed E-state index contributed by atoms with van der Waals surface area (Å²) in [6, 6.07) is 36.1. The van der Waals surface area contributed by atoms with E-state index in [2.05, 4.69) is 128 Å². The second-order valence-electron chi connectivity index (χ2n) is 13.7. The van der Waals surface area contributed by atoms with E-state index < -0.39 is 0 Å². The van der Waals surface area contributed by atoms with E-state index in [0.29, 0.717) is 0 Å². The smallest absolute Gasteiger partial charge is 0.252 e. The number of fused-ring (bicyclic) bond motifs is 11. The summed E-state index contributed by atoms with van der Waals surface area (Å²) in [5.74, 6) is 0. The van der Waals surface area contributed by atoms with E-state index in [0.717, 1.165) is 16.9 Å². The molecular weight excluding hydrogens is 523 g/mol. The number of benzene rings is 5. The Bertz CT molecular complexity index is 2170. The predicted octanol–water partition coefficient (Wildman–Crippen LogP) is 8.25. The van der Waals surface area contributed by atoms with E-state index in [1.807, 2.05) is 0 Å². The second-order valence-corrected chi connectivity index (χ2v) is 13.7. The fraction of sp³-hybridized carbons (Fsp3) is 0.231. The summed E-state index contributed by atoms with van der Waals surface area (Å²) in [5, 5.41) is 2.35. The summed E-state index contributed by atoms with van der Waals surface area (Å²) in [5.41, 5.74) is 15.6. The van der Waals surface area contributed by atoms with Crippen molar-refractivity contribution in [2.24, 2.45) is 0 Å². The van der Waals surface area contributed by atoms with Gasteiger partial charge in [-0.1, -0.05) is 86.5 Å². The molecule has 1 aliphatic carbocycles. The fourth-order valence-corrected chi connectivity index (χ4v) is 9.52. The Morgan fingerprint density at radius 3 is 2.37 bits per heavy atom. The fourth-order valence-electron chi connectivity index (χ4n) is 9.52. The van der Waals surface area contributed by atoms with Crippen LogP contribution in [-0.2, 0) is 5.41 Å². The molecule has 0 N–H and O–H groups in total. The van der Waals surface area contributed by atoms with Gasteiger partial charge in [-0.05, 0) is 84.5 Å². The molecule has 3 aliphatic heterocycles. The van der Waals surface area contributed by atoms with Crippen molar-refractivity contribution in [3.8, 4) is 0 Å². The Balaban J connectivity index is 1.38. The maximum atomic E-state index is 6.79. The molecule has 4 heterocycles. The van der Waals surface area contributed by atoms with Crippen LogP contribution in [0.15, 0.2) is 101 Å². The van der Waals surface area contributed by atoms with Crippen LogP contribution >= 0.6 is 0 Å². The molecule has 3 nitrogen and oxygen atoms in total. The highest BCUT2D eigenvalue weighted by Gasteiger charge is 2.61. The van der Waals surface area contributed by atoms with Gasteiger partial charge in [0.1, 0.15) is 5.58 Å². The molecule has 10 rings (SSSR count). The minimum Gasteiger partial charge on any atom is -0.454 e. The van der Waals surface area contributed by atoms with Crippen molar-refractivity contribution in [2.45, 2.75) is 57.4 Å². The Morgan fingerprint density at radius 1 is 0.721 bits per heavy atom. The van der Waals surface area contributed by atoms with Crippen molar-refractivity contribution in [2.75, 3.05) is 9.80 Å². The minimum absolute atomic E-state index is 0.0385. The second kappa shape index (κ2) is 7.93. The first-order chi connectivity index (χ1) is 21.0. The van der Waals surface area contributed by atoms with Crippen LogP contribution in [-0.4, -0.2) is 12.3 Å². The SMILES string of the molecule is Cc1cc2c3c(c1)N1c4c(cccc4C4(C)CCCCC14C)B3c1ccc3c(oc4ccccc43)c1N2c1ccccc1.